The molecule has 0 radical (unpaired) electrons. The van der Waals surface area contributed by atoms with Crippen LogP contribution >= 0.6 is 12.4 Å². The van der Waals surface area contributed by atoms with Crippen molar-refractivity contribution in [1.82, 2.24) is 9.97 Å². The highest BCUT2D eigenvalue weighted by atomic mass is 35.5. The maximum absolute atomic E-state index is 10.5. The van der Waals surface area contributed by atoms with Gasteiger partial charge in [0, 0.05) is 11.9 Å². The molecule has 0 aliphatic rings. The number of aromatic amines is 1. The van der Waals surface area contributed by atoms with Crippen LogP contribution in [-0.2, 0) is 6.42 Å². The smallest absolute Gasteiger partial charge is 0.310 e. The third-order valence-electron chi connectivity index (χ3n) is 1.12. The molecule has 0 aliphatic heterocycles. The van der Waals surface area contributed by atoms with E-state index in [4.69, 9.17) is 0 Å². The lowest BCUT2D eigenvalue weighted by Crippen LogP contribution is -2.10. The predicted octanol–water partition coefficient (Wildman–Crippen LogP) is 0.754. The van der Waals surface area contributed by atoms with Gasteiger partial charge in [-0.1, -0.05) is 6.92 Å². The number of rotatable bonds is 1. The summed E-state index contributed by atoms with van der Waals surface area (Å²) in [6.07, 6.45) is 2.36. The van der Waals surface area contributed by atoms with Crippen LogP contribution in [0.2, 0.25) is 0 Å². The average Bonchev–Trinajstić information content (AvgIpc) is 1.88. The van der Waals surface area contributed by atoms with Gasteiger partial charge in [0.05, 0.1) is 0 Å². The highest BCUT2D eigenvalue weighted by Gasteiger charge is 1.86. The van der Waals surface area contributed by atoms with Crippen molar-refractivity contribution in [3.05, 3.63) is 28.4 Å². The second-order valence-corrected chi connectivity index (χ2v) is 1.75. The maximum Gasteiger partial charge on any atom is 0.345 e. The largest absolute Gasteiger partial charge is 0.345 e. The van der Waals surface area contributed by atoms with E-state index < -0.39 is 0 Å². The quantitative estimate of drug-likeness (QED) is 0.659. The van der Waals surface area contributed by atoms with Crippen molar-refractivity contribution in [2.45, 2.75) is 13.3 Å². The zero-order valence-corrected chi connectivity index (χ0v) is 6.44. The Morgan fingerprint density at radius 3 is 2.80 bits per heavy atom. The number of H-pyrrole nitrogens is 1. The molecule has 1 aromatic rings. The number of hydrogen-bond donors (Lipinski definition) is 1. The van der Waals surface area contributed by atoms with Crippen molar-refractivity contribution in [2.24, 2.45) is 0 Å². The Kier molecular flexibility index (Phi) is 3.72. The fourth-order valence-corrected chi connectivity index (χ4v) is 0.612. The molecule has 0 fully saturated rings. The van der Waals surface area contributed by atoms with Gasteiger partial charge in [-0.2, -0.15) is 0 Å². The molecule has 1 heterocycles. The Hall–Kier alpha value is -0.830. The molecule has 0 spiro atoms. The molecule has 0 atom stereocenters. The zero-order chi connectivity index (χ0) is 6.69. The van der Waals surface area contributed by atoms with Gasteiger partial charge in [-0.15, -0.1) is 12.4 Å². The van der Waals surface area contributed by atoms with Crippen molar-refractivity contribution in [2.75, 3.05) is 0 Å². The van der Waals surface area contributed by atoms with Crippen LogP contribution in [0.5, 0.6) is 0 Å². The first-order chi connectivity index (χ1) is 4.33. The van der Waals surface area contributed by atoms with E-state index in [2.05, 4.69) is 9.97 Å². The van der Waals surface area contributed by atoms with Crippen LogP contribution < -0.4 is 5.69 Å². The number of halogens is 1. The van der Waals surface area contributed by atoms with Gasteiger partial charge in [0.1, 0.15) is 0 Å². The molecule has 1 N–H and O–H groups in total. The molecule has 0 amide bonds. The number of nitrogens with one attached hydrogen (secondary N) is 1. The molecule has 56 valence electrons. The first-order valence-corrected chi connectivity index (χ1v) is 2.87. The van der Waals surface area contributed by atoms with Gasteiger partial charge in [0.15, 0.2) is 0 Å². The molecule has 0 saturated carbocycles. The minimum Gasteiger partial charge on any atom is -0.310 e. The van der Waals surface area contributed by atoms with E-state index >= 15 is 0 Å². The molecule has 10 heavy (non-hydrogen) atoms. The summed E-state index contributed by atoms with van der Waals surface area (Å²) in [6.45, 7) is 1.98. The molecule has 0 unspecified atom stereocenters. The average molecular weight is 161 g/mol. The number of aryl methyl sites for hydroxylation is 1. The Labute approximate surface area is 64.9 Å². The van der Waals surface area contributed by atoms with Crippen LogP contribution in [0, 0.1) is 0 Å². The lowest BCUT2D eigenvalue weighted by molar-refractivity contribution is 0.956. The highest BCUT2D eigenvalue weighted by Crippen LogP contribution is 1.86. The fraction of sp³-hybridized carbons (Fsp3) is 0.333. The molecule has 0 aliphatic carbocycles. The van der Waals surface area contributed by atoms with Crippen molar-refractivity contribution in [3.8, 4) is 0 Å². The molecule has 1 aromatic heterocycles. The third-order valence-corrected chi connectivity index (χ3v) is 1.12. The van der Waals surface area contributed by atoms with Crippen LogP contribution in [-0.4, -0.2) is 9.97 Å². The van der Waals surface area contributed by atoms with Crippen LogP contribution in [0.3, 0.4) is 0 Å². The van der Waals surface area contributed by atoms with Gasteiger partial charge in [0.2, 0.25) is 0 Å². The fourth-order valence-electron chi connectivity index (χ4n) is 0.612. The van der Waals surface area contributed by atoms with Crippen LogP contribution in [0.4, 0.5) is 0 Å². The van der Waals surface area contributed by atoms with E-state index in [0.29, 0.717) is 0 Å². The standard InChI is InChI=1S/C6H8N2O.ClH/c1-2-5-3-4-7-6(9)8-5;/h3-4H,2H2,1H3,(H,7,8,9);1H. The third kappa shape index (κ3) is 2.19. The van der Waals surface area contributed by atoms with Crippen LogP contribution in [0.15, 0.2) is 17.1 Å². The topological polar surface area (TPSA) is 45.8 Å². The molecule has 3 nitrogen and oxygen atoms in total. The SMILES string of the molecule is CCc1ccnc(=O)[nH]1.Cl. The molecule has 0 aromatic carbocycles. The predicted molar refractivity (Wildman–Crippen MR) is 41.5 cm³/mol. The molecule has 0 bridgehead atoms. The summed E-state index contributed by atoms with van der Waals surface area (Å²) in [4.78, 5) is 16.5. The second kappa shape index (κ2) is 4.06. The van der Waals surface area contributed by atoms with E-state index in [0.717, 1.165) is 12.1 Å². The molecular formula is C6H9ClN2O. The van der Waals surface area contributed by atoms with E-state index in [1.54, 1.807) is 6.07 Å². The number of aromatic nitrogens is 2. The van der Waals surface area contributed by atoms with E-state index in [1.165, 1.54) is 6.20 Å². The monoisotopic (exact) mass is 160 g/mol. The van der Waals surface area contributed by atoms with E-state index in [9.17, 15) is 4.79 Å². The molecule has 1 rings (SSSR count). The number of nitrogens with zero attached hydrogens (tertiary/aromatic N) is 1. The molecule has 0 saturated heterocycles. The van der Waals surface area contributed by atoms with Crippen molar-refractivity contribution in [1.29, 1.82) is 0 Å². The van der Waals surface area contributed by atoms with Crippen molar-refractivity contribution < 1.29 is 0 Å². The lowest BCUT2D eigenvalue weighted by atomic mass is 10.3. The summed E-state index contributed by atoms with van der Waals surface area (Å²) in [6, 6.07) is 1.79. The Bertz CT molecular complexity index is 246. The summed E-state index contributed by atoms with van der Waals surface area (Å²) < 4.78 is 0. The van der Waals surface area contributed by atoms with E-state index in [1.807, 2.05) is 6.92 Å². The Balaban J connectivity index is 0.000000810. The summed E-state index contributed by atoms with van der Waals surface area (Å²) in [5, 5.41) is 0. The first kappa shape index (κ1) is 9.17. The van der Waals surface area contributed by atoms with Crippen molar-refractivity contribution in [3.63, 3.8) is 0 Å². The second-order valence-electron chi connectivity index (χ2n) is 1.75. The van der Waals surface area contributed by atoms with Gasteiger partial charge < -0.3 is 4.98 Å². The van der Waals surface area contributed by atoms with Crippen molar-refractivity contribution >= 4 is 12.4 Å². The Morgan fingerprint density at radius 1 is 1.70 bits per heavy atom. The van der Waals surface area contributed by atoms with Gasteiger partial charge in [0.25, 0.3) is 0 Å². The maximum atomic E-state index is 10.5. The summed E-state index contributed by atoms with van der Waals surface area (Å²) in [7, 11) is 0. The van der Waals surface area contributed by atoms with Crippen LogP contribution in [0.1, 0.15) is 12.6 Å². The van der Waals surface area contributed by atoms with Gasteiger partial charge >= 0.3 is 5.69 Å². The zero-order valence-electron chi connectivity index (χ0n) is 5.63. The minimum absolute atomic E-state index is 0. The first-order valence-electron chi connectivity index (χ1n) is 2.87. The molecule has 4 heteroatoms. The normalized spacial score (nSPS) is 8.50. The van der Waals surface area contributed by atoms with Crippen LogP contribution in [0.25, 0.3) is 0 Å². The Morgan fingerprint density at radius 2 is 2.40 bits per heavy atom. The summed E-state index contributed by atoms with van der Waals surface area (Å²) >= 11 is 0. The summed E-state index contributed by atoms with van der Waals surface area (Å²) in [5.41, 5.74) is 0.657. The lowest BCUT2D eigenvalue weighted by Gasteiger charge is -1.90. The highest BCUT2D eigenvalue weighted by molar-refractivity contribution is 5.85. The van der Waals surface area contributed by atoms with Gasteiger partial charge in [-0.05, 0) is 12.5 Å². The van der Waals surface area contributed by atoms with E-state index in [-0.39, 0.29) is 18.1 Å². The molecular weight excluding hydrogens is 152 g/mol. The number of hydrogen-bond acceptors (Lipinski definition) is 2. The van der Waals surface area contributed by atoms with Gasteiger partial charge in [-0.3, -0.25) is 0 Å². The van der Waals surface area contributed by atoms with Gasteiger partial charge in [-0.25, -0.2) is 9.78 Å². The minimum atomic E-state index is -0.269. The summed E-state index contributed by atoms with van der Waals surface area (Å²) in [5.74, 6) is 0.